The molecule has 2 heterocycles. The van der Waals surface area contributed by atoms with E-state index in [1.165, 1.54) is 6.07 Å². The lowest BCUT2D eigenvalue weighted by Gasteiger charge is -2.08. The number of hydrogen-bond acceptors (Lipinski definition) is 3. The highest BCUT2D eigenvalue weighted by Crippen LogP contribution is 2.49. The van der Waals surface area contributed by atoms with Gasteiger partial charge < -0.3 is 10.1 Å². The van der Waals surface area contributed by atoms with E-state index < -0.39 is 24.1 Å². The van der Waals surface area contributed by atoms with Crippen LogP contribution in [0.2, 0.25) is 0 Å². The van der Waals surface area contributed by atoms with Crippen LogP contribution in [-0.2, 0) is 6.42 Å². The zero-order chi connectivity index (χ0) is 19.2. The molecule has 3 N–H and O–H groups in total. The van der Waals surface area contributed by atoms with E-state index in [-0.39, 0.29) is 23.8 Å². The Labute approximate surface area is 152 Å². The first kappa shape index (κ1) is 17.2. The quantitative estimate of drug-likeness (QED) is 0.545. The van der Waals surface area contributed by atoms with Crippen molar-refractivity contribution in [2.24, 2.45) is 16.6 Å². The molecule has 2 aromatic heterocycles. The summed E-state index contributed by atoms with van der Waals surface area (Å²) < 4.78 is 41.8. The van der Waals surface area contributed by atoms with E-state index in [1.807, 2.05) is 0 Å². The first-order valence-electron chi connectivity index (χ1n) is 8.22. The van der Waals surface area contributed by atoms with Gasteiger partial charge in [-0.05, 0) is 11.6 Å². The monoisotopic (exact) mass is 372 g/mol. The molecule has 9 heteroatoms. The zero-order valence-corrected chi connectivity index (χ0v) is 14.0. The predicted molar refractivity (Wildman–Crippen MR) is 93.7 cm³/mol. The molecule has 3 aromatic rings. The average Bonchev–Trinajstić information content (AvgIpc) is 3.04. The second-order valence-corrected chi connectivity index (χ2v) is 6.40. The predicted octanol–water partition coefficient (Wildman–Crippen LogP) is 2.80. The van der Waals surface area contributed by atoms with Gasteiger partial charge >= 0.3 is 0 Å². The Bertz CT molecular complexity index is 1070. The Kier molecular flexibility index (Phi) is 3.94. The van der Waals surface area contributed by atoms with Crippen molar-refractivity contribution < 1.29 is 13.2 Å². The minimum Gasteiger partial charge on any atom is -0.382 e. The normalized spacial score (nSPS) is 18.6. The van der Waals surface area contributed by atoms with Gasteiger partial charge in [0.25, 0.3) is 5.92 Å². The first-order valence-corrected chi connectivity index (χ1v) is 8.22. The average molecular weight is 372 g/mol. The molecule has 1 aromatic carbocycles. The number of halogens is 3. The van der Waals surface area contributed by atoms with Crippen molar-refractivity contribution in [2.75, 3.05) is 0 Å². The molecular weight excluding hydrogens is 357 g/mol. The van der Waals surface area contributed by atoms with E-state index in [1.54, 1.807) is 41.2 Å². The summed E-state index contributed by atoms with van der Waals surface area (Å²) in [6, 6.07) is 6.32. The van der Waals surface area contributed by atoms with Crippen molar-refractivity contribution >= 4 is 17.3 Å². The lowest BCUT2D eigenvalue weighted by Crippen LogP contribution is -2.20. The fraction of sp³-hybridized carbons (Fsp3) is 0.222. The number of benzene rings is 1. The fourth-order valence-corrected chi connectivity index (χ4v) is 2.84. The van der Waals surface area contributed by atoms with Crippen molar-refractivity contribution in [2.45, 2.75) is 18.8 Å². The van der Waals surface area contributed by atoms with Gasteiger partial charge in [0.1, 0.15) is 17.3 Å². The third-order valence-electron chi connectivity index (χ3n) is 4.42. The molecule has 6 nitrogen and oxygen atoms in total. The molecule has 0 aliphatic heterocycles. The first-order chi connectivity index (χ1) is 12.8. The van der Waals surface area contributed by atoms with E-state index in [4.69, 9.17) is 11.1 Å². The van der Waals surface area contributed by atoms with Crippen molar-refractivity contribution in [1.29, 1.82) is 5.41 Å². The highest BCUT2D eigenvalue weighted by atomic mass is 19.3. The van der Waals surface area contributed by atoms with Gasteiger partial charge in [-0.3, -0.25) is 5.41 Å². The smallest absolute Gasteiger partial charge is 0.259 e. The molecule has 27 heavy (non-hydrogen) atoms. The summed E-state index contributed by atoms with van der Waals surface area (Å²) in [7, 11) is 0. The van der Waals surface area contributed by atoms with Gasteiger partial charge in [0, 0.05) is 31.4 Å². The number of nitrogens with zero attached hydrogens (tertiary/aromatic N) is 4. The molecule has 1 saturated carbocycles. The van der Waals surface area contributed by atoms with Crippen LogP contribution in [0.4, 0.5) is 13.2 Å². The number of nitrogens with one attached hydrogen (secondary N) is 1. The number of nitrogens with two attached hydrogens (primary N) is 1. The molecule has 1 atom stereocenters. The minimum absolute atomic E-state index is 0.145. The minimum atomic E-state index is -2.89. The van der Waals surface area contributed by atoms with E-state index >= 15 is 0 Å². The Balaban J connectivity index is 1.70. The summed E-state index contributed by atoms with van der Waals surface area (Å²) in [6.45, 7) is 0. The van der Waals surface area contributed by atoms with Gasteiger partial charge in [-0.25, -0.2) is 28.1 Å². The zero-order valence-electron chi connectivity index (χ0n) is 14.0. The number of imidazole rings is 1. The van der Waals surface area contributed by atoms with Gasteiger partial charge in [-0.2, -0.15) is 0 Å². The number of aromatic nitrogens is 3. The number of hydrogen-bond donors (Lipinski definition) is 2. The van der Waals surface area contributed by atoms with Crippen molar-refractivity contribution in [3.05, 3.63) is 65.6 Å². The topological polar surface area (TPSA) is 92.4 Å². The third-order valence-corrected chi connectivity index (χ3v) is 4.42. The standard InChI is InChI=1S/C18H15F3N6/c19-12-4-2-1-3-10(12)7-13-17-24-5-6-27(17)9-14(25-13)16(23)26-15(22)11-8-18(11,20)21/h1-6,9,11H,7-8H2,(H3,22,23,26). The molecule has 0 bridgehead atoms. The van der Waals surface area contributed by atoms with Crippen LogP contribution < -0.4 is 5.73 Å². The van der Waals surface area contributed by atoms with E-state index in [2.05, 4.69) is 15.0 Å². The van der Waals surface area contributed by atoms with Gasteiger partial charge in [0.2, 0.25) is 0 Å². The van der Waals surface area contributed by atoms with Crippen LogP contribution in [0, 0.1) is 17.1 Å². The summed E-state index contributed by atoms with van der Waals surface area (Å²) >= 11 is 0. The van der Waals surface area contributed by atoms with E-state index in [9.17, 15) is 13.2 Å². The SMILES string of the molecule is N=C(N=C(N)c1cn2ccnc2c(Cc2ccccc2F)n1)C1CC1(F)F. The van der Waals surface area contributed by atoms with Crippen LogP contribution >= 0.6 is 0 Å². The lowest BCUT2D eigenvalue weighted by atomic mass is 10.1. The maximum Gasteiger partial charge on any atom is 0.259 e. The highest BCUT2D eigenvalue weighted by molar-refractivity contribution is 6.04. The fourth-order valence-electron chi connectivity index (χ4n) is 2.84. The summed E-state index contributed by atoms with van der Waals surface area (Å²) in [6.07, 6.45) is 4.55. The van der Waals surface area contributed by atoms with Crippen LogP contribution in [0.1, 0.15) is 23.4 Å². The van der Waals surface area contributed by atoms with Gasteiger partial charge in [-0.1, -0.05) is 18.2 Å². The second-order valence-electron chi connectivity index (χ2n) is 6.40. The molecule has 1 fully saturated rings. The van der Waals surface area contributed by atoms with Crippen LogP contribution in [0.5, 0.6) is 0 Å². The third kappa shape index (κ3) is 3.27. The molecule has 1 aliphatic rings. The van der Waals surface area contributed by atoms with Gasteiger partial charge in [0.05, 0.1) is 11.6 Å². The summed E-state index contributed by atoms with van der Waals surface area (Å²) in [5.74, 6) is -5.08. The lowest BCUT2D eigenvalue weighted by molar-refractivity contribution is 0.110. The van der Waals surface area contributed by atoms with Crippen LogP contribution in [0.3, 0.4) is 0 Å². The number of alkyl halides is 2. The van der Waals surface area contributed by atoms with E-state index in [0.29, 0.717) is 16.9 Å². The Morgan fingerprint density at radius 1 is 1.37 bits per heavy atom. The Hall–Kier alpha value is -3.23. The molecule has 0 amide bonds. The second kappa shape index (κ2) is 6.19. The summed E-state index contributed by atoms with van der Waals surface area (Å²) in [5, 5.41) is 7.69. The summed E-state index contributed by atoms with van der Waals surface area (Å²) in [4.78, 5) is 12.4. The largest absolute Gasteiger partial charge is 0.382 e. The molecule has 0 spiro atoms. The number of fused-ring (bicyclic) bond motifs is 1. The molecule has 1 unspecified atom stereocenters. The maximum absolute atomic E-state index is 14.0. The molecule has 138 valence electrons. The number of rotatable bonds is 4. The van der Waals surface area contributed by atoms with Crippen LogP contribution in [-0.4, -0.2) is 32.0 Å². The van der Waals surface area contributed by atoms with Crippen LogP contribution in [0.15, 0.2) is 47.8 Å². The molecule has 0 radical (unpaired) electrons. The van der Waals surface area contributed by atoms with Gasteiger partial charge in [0.15, 0.2) is 11.5 Å². The van der Waals surface area contributed by atoms with Crippen molar-refractivity contribution in [3.63, 3.8) is 0 Å². The van der Waals surface area contributed by atoms with Crippen LogP contribution in [0.25, 0.3) is 5.65 Å². The Morgan fingerprint density at radius 3 is 2.81 bits per heavy atom. The highest BCUT2D eigenvalue weighted by Gasteiger charge is 2.59. The molecule has 0 saturated heterocycles. The Morgan fingerprint density at radius 2 is 2.11 bits per heavy atom. The maximum atomic E-state index is 14.0. The molecule has 4 rings (SSSR count). The number of amidine groups is 2. The number of aliphatic imine (C=N–C) groups is 1. The molecular formula is C18H15F3N6. The van der Waals surface area contributed by atoms with E-state index in [0.717, 1.165) is 0 Å². The van der Waals surface area contributed by atoms with Crippen molar-refractivity contribution in [1.82, 2.24) is 14.4 Å². The molecule has 1 aliphatic carbocycles. The summed E-state index contributed by atoms with van der Waals surface area (Å²) in [5.41, 5.74) is 7.53. The van der Waals surface area contributed by atoms with Gasteiger partial charge in [-0.15, -0.1) is 0 Å². The van der Waals surface area contributed by atoms with Crippen molar-refractivity contribution in [3.8, 4) is 0 Å².